The second-order valence-electron chi connectivity index (χ2n) is 5.00. The van der Waals surface area contributed by atoms with E-state index >= 15 is 0 Å². The van der Waals surface area contributed by atoms with Crippen LogP contribution in [0.3, 0.4) is 0 Å². The third-order valence-electron chi connectivity index (χ3n) is 3.36. The van der Waals surface area contributed by atoms with Crippen molar-refractivity contribution in [1.82, 2.24) is 9.88 Å². The van der Waals surface area contributed by atoms with Crippen LogP contribution >= 0.6 is 11.6 Å². The highest BCUT2D eigenvalue weighted by molar-refractivity contribution is 6.31. The van der Waals surface area contributed by atoms with Crippen LogP contribution in [0.5, 0.6) is 0 Å². The van der Waals surface area contributed by atoms with Crippen LogP contribution in [-0.2, 0) is 6.54 Å². The summed E-state index contributed by atoms with van der Waals surface area (Å²) in [6.07, 6.45) is 1.20. The molecule has 0 aliphatic heterocycles. The van der Waals surface area contributed by atoms with Crippen LogP contribution in [0, 0.1) is 5.92 Å². The minimum atomic E-state index is 0.704. The first kappa shape index (κ1) is 16.3. The van der Waals surface area contributed by atoms with Crippen molar-refractivity contribution in [3.05, 3.63) is 22.8 Å². The highest BCUT2D eigenvalue weighted by Gasteiger charge is 2.11. The molecule has 1 heterocycles. The number of hydrogen-bond donors (Lipinski definition) is 1. The monoisotopic (exact) mass is 283 g/mol. The molecule has 0 amide bonds. The molecule has 0 aliphatic rings. The first-order chi connectivity index (χ1) is 9.10. The Morgan fingerprint density at radius 1 is 1.32 bits per heavy atom. The summed E-state index contributed by atoms with van der Waals surface area (Å²) in [4.78, 5) is 7.00. The molecule has 1 atom stereocenters. The second kappa shape index (κ2) is 8.39. The first-order valence-corrected chi connectivity index (χ1v) is 7.60. The van der Waals surface area contributed by atoms with Crippen molar-refractivity contribution in [3.8, 4) is 0 Å². The van der Waals surface area contributed by atoms with E-state index < -0.39 is 0 Å². The average Bonchev–Trinajstić information content (AvgIpc) is 2.41. The van der Waals surface area contributed by atoms with Crippen molar-refractivity contribution in [2.75, 3.05) is 25.0 Å². The van der Waals surface area contributed by atoms with Gasteiger partial charge >= 0.3 is 0 Å². The Morgan fingerprint density at radius 2 is 2.05 bits per heavy atom. The largest absolute Gasteiger partial charge is 0.370 e. The standard InChI is InChI=1S/C15H26ClN3/c1-5-12(4)10-19(7-3)11-14-13(16)8-9-15(18-14)17-6-2/h8-9,12H,5-7,10-11H2,1-4H3,(H,17,18). The number of halogens is 1. The lowest BCUT2D eigenvalue weighted by Crippen LogP contribution is -2.28. The zero-order valence-electron chi connectivity index (χ0n) is 12.5. The molecule has 0 aromatic carbocycles. The SMILES string of the molecule is CCNc1ccc(Cl)c(CN(CC)CC(C)CC)n1. The van der Waals surface area contributed by atoms with E-state index in [-0.39, 0.29) is 0 Å². The maximum atomic E-state index is 6.25. The quantitative estimate of drug-likeness (QED) is 0.781. The van der Waals surface area contributed by atoms with Crippen molar-refractivity contribution in [2.24, 2.45) is 5.92 Å². The van der Waals surface area contributed by atoms with Gasteiger partial charge in [0.2, 0.25) is 0 Å². The molecule has 1 rings (SSSR count). The summed E-state index contributed by atoms with van der Waals surface area (Å²) in [6, 6.07) is 3.86. The van der Waals surface area contributed by atoms with E-state index in [4.69, 9.17) is 11.6 Å². The lowest BCUT2D eigenvalue weighted by Gasteiger charge is -2.24. The highest BCUT2D eigenvalue weighted by atomic mass is 35.5. The van der Waals surface area contributed by atoms with E-state index in [1.807, 2.05) is 12.1 Å². The van der Waals surface area contributed by atoms with Crippen LogP contribution in [0.1, 0.15) is 39.8 Å². The molecule has 0 spiro atoms. The van der Waals surface area contributed by atoms with Gasteiger partial charge in [-0.25, -0.2) is 4.98 Å². The third kappa shape index (κ3) is 5.37. The molecule has 1 N–H and O–H groups in total. The molecule has 0 bridgehead atoms. The molecule has 1 aromatic rings. The van der Waals surface area contributed by atoms with Crippen LogP contribution < -0.4 is 5.32 Å². The summed E-state index contributed by atoms with van der Waals surface area (Å²) >= 11 is 6.25. The fraction of sp³-hybridized carbons (Fsp3) is 0.667. The lowest BCUT2D eigenvalue weighted by molar-refractivity contribution is 0.236. The molecule has 0 saturated heterocycles. The van der Waals surface area contributed by atoms with Gasteiger partial charge in [0.05, 0.1) is 10.7 Å². The molecule has 3 nitrogen and oxygen atoms in total. The van der Waals surface area contributed by atoms with Gasteiger partial charge in [-0.15, -0.1) is 0 Å². The van der Waals surface area contributed by atoms with Gasteiger partial charge in [-0.1, -0.05) is 38.8 Å². The van der Waals surface area contributed by atoms with E-state index in [0.29, 0.717) is 5.92 Å². The minimum absolute atomic E-state index is 0.704. The summed E-state index contributed by atoms with van der Waals surface area (Å²) < 4.78 is 0. The molecule has 108 valence electrons. The zero-order valence-corrected chi connectivity index (χ0v) is 13.3. The van der Waals surface area contributed by atoms with E-state index in [1.54, 1.807) is 0 Å². The van der Waals surface area contributed by atoms with E-state index in [1.165, 1.54) is 6.42 Å². The predicted molar refractivity (Wildman–Crippen MR) is 83.8 cm³/mol. The number of hydrogen-bond acceptors (Lipinski definition) is 3. The van der Waals surface area contributed by atoms with Crippen molar-refractivity contribution in [1.29, 1.82) is 0 Å². The molecule has 19 heavy (non-hydrogen) atoms. The number of nitrogens with one attached hydrogen (secondary N) is 1. The van der Waals surface area contributed by atoms with Crippen molar-refractivity contribution in [3.63, 3.8) is 0 Å². The lowest BCUT2D eigenvalue weighted by atomic mass is 10.1. The third-order valence-corrected chi connectivity index (χ3v) is 3.71. The maximum absolute atomic E-state index is 6.25. The Labute approximate surface area is 122 Å². The fourth-order valence-electron chi connectivity index (χ4n) is 1.96. The van der Waals surface area contributed by atoms with Gasteiger partial charge in [0.1, 0.15) is 5.82 Å². The average molecular weight is 284 g/mol. The number of rotatable bonds is 8. The van der Waals surface area contributed by atoms with Gasteiger partial charge < -0.3 is 5.32 Å². The summed E-state index contributed by atoms with van der Waals surface area (Å²) in [6.45, 7) is 12.6. The van der Waals surface area contributed by atoms with Gasteiger partial charge in [0.15, 0.2) is 0 Å². The number of aromatic nitrogens is 1. The summed E-state index contributed by atoms with van der Waals surface area (Å²) in [5, 5.41) is 3.98. The Bertz CT molecular complexity index is 382. The second-order valence-corrected chi connectivity index (χ2v) is 5.40. The van der Waals surface area contributed by atoms with E-state index in [9.17, 15) is 0 Å². The van der Waals surface area contributed by atoms with E-state index in [2.05, 4.69) is 42.9 Å². The topological polar surface area (TPSA) is 28.2 Å². The Balaban J connectivity index is 2.75. The molecular formula is C15H26ClN3. The van der Waals surface area contributed by atoms with Gasteiger partial charge in [0.25, 0.3) is 0 Å². The molecule has 0 fully saturated rings. The van der Waals surface area contributed by atoms with Crippen LogP contribution in [0.2, 0.25) is 5.02 Å². The van der Waals surface area contributed by atoms with Gasteiger partial charge in [-0.05, 0) is 31.5 Å². The predicted octanol–water partition coefficient (Wildman–Crippen LogP) is 4.03. The van der Waals surface area contributed by atoms with E-state index in [0.717, 1.165) is 42.7 Å². The van der Waals surface area contributed by atoms with Crippen molar-refractivity contribution in [2.45, 2.75) is 40.7 Å². The maximum Gasteiger partial charge on any atom is 0.126 e. The minimum Gasteiger partial charge on any atom is -0.370 e. The van der Waals surface area contributed by atoms with Gasteiger partial charge in [-0.3, -0.25) is 4.90 Å². The number of anilines is 1. The Kier molecular flexibility index (Phi) is 7.17. The molecule has 0 saturated carbocycles. The number of pyridine rings is 1. The first-order valence-electron chi connectivity index (χ1n) is 7.22. The molecule has 4 heteroatoms. The fourth-order valence-corrected chi connectivity index (χ4v) is 2.13. The van der Waals surface area contributed by atoms with Gasteiger partial charge in [0, 0.05) is 19.6 Å². The smallest absolute Gasteiger partial charge is 0.126 e. The summed E-state index contributed by atoms with van der Waals surface area (Å²) in [5.74, 6) is 1.61. The molecule has 1 aromatic heterocycles. The van der Waals surface area contributed by atoms with Crippen LogP contribution in [0.15, 0.2) is 12.1 Å². The molecular weight excluding hydrogens is 258 g/mol. The Hall–Kier alpha value is -0.800. The van der Waals surface area contributed by atoms with Crippen LogP contribution in [0.4, 0.5) is 5.82 Å². The normalized spacial score (nSPS) is 12.7. The zero-order chi connectivity index (χ0) is 14.3. The van der Waals surface area contributed by atoms with Crippen molar-refractivity contribution >= 4 is 17.4 Å². The van der Waals surface area contributed by atoms with Crippen molar-refractivity contribution < 1.29 is 0 Å². The van der Waals surface area contributed by atoms with Crippen LogP contribution in [0.25, 0.3) is 0 Å². The molecule has 0 aliphatic carbocycles. The highest BCUT2D eigenvalue weighted by Crippen LogP contribution is 2.19. The van der Waals surface area contributed by atoms with Gasteiger partial charge in [-0.2, -0.15) is 0 Å². The summed E-state index contributed by atoms with van der Waals surface area (Å²) in [7, 11) is 0. The molecule has 0 radical (unpaired) electrons. The van der Waals surface area contributed by atoms with Crippen LogP contribution in [-0.4, -0.2) is 29.5 Å². The Morgan fingerprint density at radius 3 is 2.63 bits per heavy atom. The summed E-state index contributed by atoms with van der Waals surface area (Å²) in [5.41, 5.74) is 0.963. The number of nitrogens with zero attached hydrogens (tertiary/aromatic N) is 2. The molecule has 1 unspecified atom stereocenters.